The van der Waals surface area contributed by atoms with Crippen LogP contribution < -0.4 is 4.90 Å². The minimum absolute atomic E-state index is 0.0258. The monoisotopic (exact) mass is 581 g/mol. The molecule has 3 aliphatic rings. The van der Waals surface area contributed by atoms with Gasteiger partial charge < -0.3 is 19.8 Å². The number of unbranched alkanes of at least 4 members (excludes halogenated alkanes) is 3. The van der Waals surface area contributed by atoms with Crippen LogP contribution in [0.15, 0.2) is 43.5 Å². The lowest BCUT2D eigenvalue weighted by Gasteiger charge is -2.38. The molecule has 0 saturated carbocycles. The zero-order chi connectivity index (χ0) is 29.7. The number of hydrogen-bond donors (Lipinski definition) is 1. The molecule has 0 aromatic heterocycles. The average molecular weight is 582 g/mol. The van der Waals surface area contributed by atoms with Crippen molar-refractivity contribution in [2.75, 3.05) is 37.7 Å². The maximum Gasteiger partial charge on any atom is 0.251 e. The van der Waals surface area contributed by atoms with Gasteiger partial charge in [0, 0.05) is 43.7 Å². The minimum atomic E-state index is -0.636. The van der Waals surface area contributed by atoms with E-state index >= 15 is 0 Å². The molecule has 3 saturated heterocycles. The summed E-state index contributed by atoms with van der Waals surface area (Å²) in [5.74, 6) is -1.02. The van der Waals surface area contributed by atoms with Crippen molar-refractivity contribution in [3.05, 3.63) is 54.6 Å². The number of hydrogen-bond acceptors (Lipinski definition) is 5. The Bertz CT molecular complexity index is 1140. The van der Waals surface area contributed by atoms with Crippen LogP contribution >= 0.6 is 11.8 Å². The molecule has 224 valence electrons. The Kier molecular flexibility index (Phi) is 10.4. The summed E-state index contributed by atoms with van der Waals surface area (Å²) in [5.41, 5.74) is 2.88. The highest BCUT2D eigenvalue weighted by Gasteiger charge is 2.74. The van der Waals surface area contributed by atoms with E-state index in [0.717, 1.165) is 61.8 Å². The highest BCUT2D eigenvalue weighted by Crippen LogP contribution is 2.66. The van der Waals surface area contributed by atoms with Crippen LogP contribution in [0.2, 0.25) is 0 Å². The molecule has 1 N–H and O–H groups in total. The van der Waals surface area contributed by atoms with E-state index in [0.29, 0.717) is 26.2 Å². The second-order valence-corrected chi connectivity index (χ2v) is 13.4. The van der Waals surface area contributed by atoms with Gasteiger partial charge in [-0.05, 0) is 57.1 Å². The van der Waals surface area contributed by atoms with Crippen molar-refractivity contribution in [2.45, 2.75) is 81.8 Å². The maximum atomic E-state index is 14.8. The fraction of sp³-hybridized carbons (Fsp3) is 0.606. The van der Waals surface area contributed by atoms with E-state index in [9.17, 15) is 19.5 Å². The van der Waals surface area contributed by atoms with Crippen molar-refractivity contribution in [3.63, 3.8) is 0 Å². The second-order valence-electron chi connectivity index (χ2n) is 11.8. The van der Waals surface area contributed by atoms with Gasteiger partial charge in [-0.15, -0.1) is 24.9 Å². The lowest BCUT2D eigenvalue weighted by Crippen LogP contribution is -2.55. The largest absolute Gasteiger partial charge is 0.396 e. The van der Waals surface area contributed by atoms with Gasteiger partial charge in [0.25, 0.3) is 5.91 Å². The summed E-state index contributed by atoms with van der Waals surface area (Å²) in [6.45, 7) is 16.0. The normalized spacial score (nSPS) is 26.2. The van der Waals surface area contributed by atoms with Crippen LogP contribution in [0.5, 0.6) is 0 Å². The summed E-state index contributed by atoms with van der Waals surface area (Å²) in [4.78, 5) is 48.7. The number of benzene rings is 1. The summed E-state index contributed by atoms with van der Waals surface area (Å²) in [5, 5.41) is 9.25. The Labute approximate surface area is 250 Å². The highest BCUT2D eigenvalue weighted by atomic mass is 32.2. The summed E-state index contributed by atoms with van der Waals surface area (Å²) >= 11 is 1.73. The molecule has 5 atom stereocenters. The topological polar surface area (TPSA) is 81.2 Å². The number of carbonyl (C=O) groups excluding carboxylic acids is 3. The van der Waals surface area contributed by atoms with E-state index in [1.807, 2.05) is 46.7 Å². The number of fused-ring (bicyclic) bond motifs is 1. The number of amides is 3. The highest BCUT2D eigenvalue weighted by molar-refractivity contribution is 8.02. The molecule has 1 aromatic carbocycles. The SMILES string of the molecule is C=CCN(CCC)C(=O)[C@@H]1[C@H]2C(=O)N(CCCCCCO)C(C(=O)N(CC=C)c3c(C)cccc3C)C23CC[C@H]1S3. The van der Waals surface area contributed by atoms with Gasteiger partial charge >= 0.3 is 0 Å². The first-order valence-corrected chi connectivity index (χ1v) is 16.1. The molecule has 8 heteroatoms. The molecular weight excluding hydrogens is 534 g/mol. The van der Waals surface area contributed by atoms with Gasteiger partial charge in [-0.25, -0.2) is 0 Å². The molecule has 3 aliphatic heterocycles. The van der Waals surface area contributed by atoms with Crippen molar-refractivity contribution >= 4 is 35.2 Å². The van der Waals surface area contributed by atoms with E-state index in [-0.39, 0.29) is 29.6 Å². The van der Waals surface area contributed by atoms with Crippen molar-refractivity contribution < 1.29 is 19.5 Å². The van der Waals surface area contributed by atoms with E-state index < -0.39 is 22.6 Å². The molecule has 0 aliphatic carbocycles. The van der Waals surface area contributed by atoms with Crippen molar-refractivity contribution in [1.82, 2.24) is 9.80 Å². The molecule has 4 rings (SSSR count). The van der Waals surface area contributed by atoms with Gasteiger partial charge in [-0.3, -0.25) is 14.4 Å². The van der Waals surface area contributed by atoms with Crippen LogP contribution in [0.3, 0.4) is 0 Å². The van der Waals surface area contributed by atoms with Crippen LogP contribution in [-0.4, -0.2) is 81.5 Å². The number of likely N-dealkylation sites (tertiary alicyclic amines) is 1. The fourth-order valence-electron chi connectivity index (χ4n) is 7.43. The Morgan fingerprint density at radius 1 is 1.10 bits per heavy atom. The molecule has 41 heavy (non-hydrogen) atoms. The summed E-state index contributed by atoms with van der Waals surface area (Å²) in [6.07, 6.45) is 9.16. The molecule has 1 aromatic rings. The number of rotatable bonds is 15. The molecule has 2 bridgehead atoms. The van der Waals surface area contributed by atoms with Gasteiger partial charge in [0.1, 0.15) is 6.04 Å². The van der Waals surface area contributed by atoms with Crippen molar-refractivity contribution in [3.8, 4) is 0 Å². The number of carbonyl (C=O) groups is 3. The molecule has 1 spiro atoms. The van der Waals surface area contributed by atoms with Gasteiger partial charge in [-0.2, -0.15) is 0 Å². The molecular formula is C33H47N3O4S. The van der Waals surface area contributed by atoms with Crippen molar-refractivity contribution in [2.24, 2.45) is 11.8 Å². The number of nitrogens with zero attached hydrogens (tertiary/aromatic N) is 3. The average Bonchev–Trinajstić information content (AvgIpc) is 3.59. The fourth-order valence-corrected chi connectivity index (χ4v) is 9.64. The molecule has 0 radical (unpaired) electrons. The zero-order valence-corrected chi connectivity index (χ0v) is 25.8. The lowest BCUT2D eigenvalue weighted by molar-refractivity contribution is -0.143. The van der Waals surface area contributed by atoms with Crippen LogP contribution in [0, 0.1) is 25.7 Å². The first kappa shape index (κ1) is 31.4. The Hall–Kier alpha value is -2.58. The van der Waals surface area contributed by atoms with Gasteiger partial charge in [-0.1, -0.05) is 50.1 Å². The van der Waals surface area contributed by atoms with E-state index in [2.05, 4.69) is 20.1 Å². The minimum Gasteiger partial charge on any atom is -0.396 e. The smallest absolute Gasteiger partial charge is 0.251 e. The predicted molar refractivity (Wildman–Crippen MR) is 167 cm³/mol. The van der Waals surface area contributed by atoms with Gasteiger partial charge in [0.2, 0.25) is 11.8 Å². The number of aliphatic hydroxyl groups excluding tert-OH is 1. The Morgan fingerprint density at radius 2 is 1.78 bits per heavy atom. The quantitative estimate of drug-likeness (QED) is 0.236. The Morgan fingerprint density at radius 3 is 2.41 bits per heavy atom. The lowest BCUT2D eigenvalue weighted by atomic mass is 9.70. The predicted octanol–water partition coefficient (Wildman–Crippen LogP) is 4.89. The Balaban J connectivity index is 1.75. The van der Waals surface area contributed by atoms with E-state index in [4.69, 9.17) is 0 Å². The van der Waals surface area contributed by atoms with Crippen molar-refractivity contribution in [1.29, 1.82) is 0 Å². The second kappa shape index (κ2) is 13.6. The molecule has 7 nitrogen and oxygen atoms in total. The van der Waals surface area contributed by atoms with Gasteiger partial charge in [0.05, 0.1) is 16.6 Å². The molecule has 3 heterocycles. The number of aliphatic hydroxyl groups is 1. The third kappa shape index (κ3) is 5.74. The van der Waals surface area contributed by atoms with E-state index in [1.165, 1.54) is 0 Å². The van der Waals surface area contributed by atoms with Crippen LogP contribution in [-0.2, 0) is 14.4 Å². The number of para-hydroxylation sites is 1. The summed E-state index contributed by atoms with van der Waals surface area (Å²) < 4.78 is -0.619. The summed E-state index contributed by atoms with van der Waals surface area (Å²) in [7, 11) is 0. The standard InChI is InChI=1S/C33H47N3O4S/c1-6-18-34(19-7-2)30(38)26-25-16-17-33(41-25)27(26)31(39)36(21-11-9-10-12-22-37)29(33)32(40)35(20-8-3)28-23(4)14-13-15-24(28)5/h6,8,13-15,25-27,29,37H,1,3,7,9-12,16-22H2,2,4-5H3/t25-,26+,27+,29?,33?/m1/s1. The van der Waals surface area contributed by atoms with E-state index in [1.54, 1.807) is 23.9 Å². The number of aryl methyl sites for hydroxylation is 2. The summed E-state index contributed by atoms with van der Waals surface area (Å²) in [6, 6.07) is 5.38. The van der Waals surface area contributed by atoms with Gasteiger partial charge in [0.15, 0.2) is 0 Å². The first-order valence-electron chi connectivity index (χ1n) is 15.2. The molecule has 3 fully saturated rings. The first-order chi connectivity index (χ1) is 19.8. The number of thioether (sulfide) groups is 1. The molecule has 3 amide bonds. The van der Waals surface area contributed by atoms with Crippen LogP contribution in [0.4, 0.5) is 5.69 Å². The number of anilines is 1. The third-order valence-electron chi connectivity index (χ3n) is 9.07. The maximum absolute atomic E-state index is 14.8. The zero-order valence-electron chi connectivity index (χ0n) is 25.0. The molecule has 2 unspecified atom stereocenters. The van der Waals surface area contributed by atoms with Crippen LogP contribution in [0.25, 0.3) is 0 Å². The van der Waals surface area contributed by atoms with Crippen LogP contribution in [0.1, 0.15) is 63.0 Å². The third-order valence-corrected chi connectivity index (χ3v) is 11.0.